The van der Waals surface area contributed by atoms with E-state index >= 15 is 0 Å². The van der Waals surface area contributed by atoms with Crippen LogP contribution >= 0.6 is 0 Å². The number of hydrogen-bond acceptors (Lipinski definition) is 1. The molecule has 1 aliphatic rings. The van der Waals surface area contributed by atoms with Gasteiger partial charge >= 0.3 is 0 Å². The van der Waals surface area contributed by atoms with Crippen molar-refractivity contribution in [2.75, 3.05) is 6.54 Å². The lowest BCUT2D eigenvalue weighted by atomic mass is 9.77. The molecule has 1 aliphatic carbocycles. The van der Waals surface area contributed by atoms with Crippen molar-refractivity contribution in [2.24, 2.45) is 5.73 Å². The molecule has 0 aliphatic heterocycles. The van der Waals surface area contributed by atoms with E-state index in [0.29, 0.717) is 0 Å². The zero-order chi connectivity index (χ0) is 12.5. The average Bonchev–Trinajstić information content (AvgIpc) is 2.78. The van der Waals surface area contributed by atoms with E-state index in [-0.39, 0.29) is 10.8 Å². The lowest BCUT2D eigenvalue weighted by molar-refractivity contribution is 0.470. The minimum atomic E-state index is 0.163. The molecular formula is C16H23N. The fourth-order valence-corrected chi connectivity index (χ4v) is 2.55. The molecule has 0 heterocycles. The number of allylic oxidation sites excluding steroid dienone is 2. The highest BCUT2D eigenvalue weighted by Crippen LogP contribution is 2.36. The van der Waals surface area contributed by atoms with Crippen molar-refractivity contribution < 1.29 is 0 Å². The fraction of sp³-hybridized carbons (Fsp3) is 0.500. The van der Waals surface area contributed by atoms with Gasteiger partial charge in [0.1, 0.15) is 0 Å². The smallest absolute Gasteiger partial charge is 0.0144 e. The van der Waals surface area contributed by atoms with E-state index in [1.54, 1.807) is 0 Å². The molecule has 0 amide bonds. The quantitative estimate of drug-likeness (QED) is 0.771. The molecule has 2 rings (SSSR count). The van der Waals surface area contributed by atoms with Gasteiger partial charge in [-0.15, -0.1) is 0 Å². The molecule has 1 aromatic rings. The van der Waals surface area contributed by atoms with Crippen molar-refractivity contribution in [2.45, 2.75) is 44.4 Å². The van der Waals surface area contributed by atoms with E-state index in [2.05, 4.69) is 57.2 Å². The Labute approximate surface area is 105 Å². The minimum Gasteiger partial charge on any atom is -0.330 e. The van der Waals surface area contributed by atoms with Crippen molar-refractivity contribution in [1.29, 1.82) is 0 Å². The van der Waals surface area contributed by atoms with E-state index < -0.39 is 0 Å². The van der Waals surface area contributed by atoms with E-state index in [4.69, 9.17) is 5.73 Å². The zero-order valence-corrected chi connectivity index (χ0v) is 11.2. The van der Waals surface area contributed by atoms with Gasteiger partial charge in [-0.3, -0.25) is 0 Å². The van der Waals surface area contributed by atoms with Crippen LogP contribution in [0, 0.1) is 0 Å². The Kier molecular flexibility index (Phi) is 3.13. The van der Waals surface area contributed by atoms with Crippen LogP contribution < -0.4 is 5.73 Å². The third-order valence-corrected chi connectivity index (χ3v) is 3.94. The molecular weight excluding hydrogens is 206 g/mol. The summed E-state index contributed by atoms with van der Waals surface area (Å²) in [7, 11) is 0. The first-order valence-electron chi connectivity index (χ1n) is 6.44. The largest absolute Gasteiger partial charge is 0.330 e. The Hall–Kier alpha value is -1.08. The van der Waals surface area contributed by atoms with Gasteiger partial charge in [-0.05, 0) is 29.4 Å². The predicted molar refractivity (Wildman–Crippen MR) is 74.2 cm³/mol. The van der Waals surface area contributed by atoms with Crippen molar-refractivity contribution in [3.8, 4) is 0 Å². The standard InChI is InChI=1S/C16H23N/c1-15(2,3)13-6-8-14(9-7-13)16(12-17)10-4-5-11-16/h4-9H,10-12,17H2,1-3H3. The molecule has 0 atom stereocenters. The van der Waals surface area contributed by atoms with Crippen LogP contribution in [0.3, 0.4) is 0 Å². The van der Waals surface area contributed by atoms with E-state index in [1.165, 1.54) is 11.1 Å². The SMILES string of the molecule is CC(C)(C)c1ccc(C2(CN)CC=CC2)cc1. The highest BCUT2D eigenvalue weighted by Gasteiger charge is 2.31. The molecule has 0 bridgehead atoms. The van der Waals surface area contributed by atoms with Crippen molar-refractivity contribution >= 4 is 0 Å². The van der Waals surface area contributed by atoms with Gasteiger partial charge in [-0.1, -0.05) is 57.2 Å². The molecule has 0 radical (unpaired) electrons. The van der Waals surface area contributed by atoms with Crippen molar-refractivity contribution in [3.63, 3.8) is 0 Å². The molecule has 2 N–H and O–H groups in total. The third-order valence-electron chi connectivity index (χ3n) is 3.94. The maximum absolute atomic E-state index is 5.98. The molecule has 0 unspecified atom stereocenters. The summed E-state index contributed by atoms with van der Waals surface area (Å²) >= 11 is 0. The van der Waals surface area contributed by atoms with Gasteiger partial charge in [-0.2, -0.15) is 0 Å². The van der Waals surface area contributed by atoms with Crippen LogP contribution in [0.4, 0.5) is 0 Å². The first kappa shape index (κ1) is 12.4. The highest BCUT2D eigenvalue weighted by molar-refractivity contribution is 5.35. The minimum absolute atomic E-state index is 0.163. The highest BCUT2D eigenvalue weighted by atomic mass is 14.6. The molecule has 0 saturated carbocycles. The molecule has 17 heavy (non-hydrogen) atoms. The van der Waals surface area contributed by atoms with Crippen LogP contribution in [-0.4, -0.2) is 6.54 Å². The predicted octanol–water partition coefficient (Wildman–Crippen LogP) is 3.53. The number of nitrogens with two attached hydrogens (primary N) is 1. The fourth-order valence-electron chi connectivity index (χ4n) is 2.55. The number of hydrogen-bond donors (Lipinski definition) is 1. The van der Waals surface area contributed by atoms with Gasteiger partial charge in [0.2, 0.25) is 0 Å². The molecule has 0 fully saturated rings. The zero-order valence-electron chi connectivity index (χ0n) is 11.2. The normalized spacial score (nSPS) is 18.6. The summed E-state index contributed by atoms with van der Waals surface area (Å²) < 4.78 is 0. The topological polar surface area (TPSA) is 26.0 Å². The molecule has 1 heteroatoms. The van der Waals surface area contributed by atoms with Crippen LogP contribution in [0.1, 0.15) is 44.7 Å². The Morgan fingerprint density at radius 1 is 1.06 bits per heavy atom. The van der Waals surface area contributed by atoms with Gasteiger partial charge in [-0.25, -0.2) is 0 Å². The van der Waals surface area contributed by atoms with Crippen molar-refractivity contribution in [3.05, 3.63) is 47.5 Å². The summed E-state index contributed by atoms with van der Waals surface area (Å²) in [6.07, 6.45) is 6.67. The average molecular weight is 229 g/mol. The van der Waals surface area contributed by atoms with E-state index in [1.807, 2.05) is 0 Å². The summed E-state index contributed by atoms with van der Waals surface area (Å²) in [5, 5.41) is 0. The summed E-state index contributed by atoms with van der Waals surface area (Å²) in [6.45, 7) is 7.47. The first-order valence-corrected chi connectivity index (χ1v) is 6.44. The number of rotatable bonds is 2. The second-order valence-corrected chi connectivity index (χ2v) is 6.19. The van der Waals surface area contributed by atoms with Crippen LogP contribution in [0.5, 0.6) is 0 Å². The first-order chi connectivity index (χ1) is 7.98. The van der Waals surface area contributed by atoms with Gasteiger partial charge in [0.15, 0.2) is 0 Å². The molecule has 1 aromatic carbocycles. The molecule has 0 spiro atoms. The van der Waals surface area contributed by atoms with E-state index in [0.717, 1.165) is 19.4 Å². The molecule has 1 nitrogen and oxygen atoms in total. The summed E-state index contributed by atoms with van der Waals surface area (Å²) in [4.78, 5) is 0. The van der Waals surface area contributed by atoms with Crippen LogP contribution in [0.2, 0.25) is 0 Å². The van der Waals surface area contributed by atoms with Gasteiger partial charge in [0, 0.05) is 12.0 Å². The van der Waals surface area contributed by atoms with Gasteiger partial charge in [0.05, 0.1) is 0 Å². The monoisotopic (exact) mass is 229 g/mol. The maximum atomic E-state index is 5.98. The van der Waals surface area contributed by atoms with Gasteiger partial charge in [0.25, 0.3) is 0 Å². The Morgan fingerprint density at radius 3 is 2.00 bits per heavy atom. The van der Waals surface area contributed by atoms with Crippen LogP contribution in [-0.2, 0) is 10.8 Å². The summed E-state index contributed by atoms with van der Waals surface area (Å²) in [6, 6.07) is 9.04. The van der Waals surface area contributed by atoms with Crippen molar-refractivity contribution in [1.82, 2.24) is 0 Å². The van der Waals surface area contributed by atoms with Crippen LogP contribution in [0.25, 0.3) is 0 Å². The Balaban J connectivity index is 2.29. The molecule has 0 aromatic heterocycles. The molecule has 0 saturated heterocycles. The van der Waals surface area contributed by atoms with Gasteiger partial charge < -0.3 is 5.73 Å². The maximum Gasteiger partial charge on any atom is 0.0144 e. The van der Waals surface area contributed by atoms with E-state index in [9.17, 15) is 0 Å². The Bertz CT molecular complexity index is 398. The summed E-state index contributed by atoms with van der Waals surface area (Å²) in [5.74, 6) is 0. The lowest BCUT2D eigenvalue weighted by Crippen LogP contribution is -2.32. The third kappa shape index (κ3) is 2.30. The second-order valence-electron chi connectivity index (χ2n) is 6.19. The number of benzene rings is 1. The lowest BCUT2D eigenvalue weighted by Gasteiger charge is -2.29. The summed E-state index contributed by atoms with van der Waals surface area (Å²) in [5.41, 5.74) is 9.15. The molecule has 92 valence electrons. The Morgan fingerprint density at radius 2 is 1.59 bits per heavy atom. The van der Waals surface area contributed by atoms with Crippen LogP contribution in [0.15, 0.2) is 36.4 Å². The second kappa shape index (κ2) is 4.30.